The standard InChI is InChI=1S/C28H33N7O3/c1-2-19-5-10-25-20(16-19)17-24(28(37)29-25)26(27-30-31-32-35(27)18-23-4-3-15-38-23)34-13-11-33(12-14-34)21-6-8-22(36)9-7-21/h5-10,16-17,23,26,36H,2-4,11-15,18H2,1H3,(H,29,37). The van der Waals surface area contributed by atoms with Crippen LogP contribution < -0.4 is 10.5 Å². The van der Waals surface area contributed by atoms with E-state index < -0.39 is 6.04 Å². The van der Waals surface area contributed by atoms with Crippen LogP contribution in [0.4, 0.5) is 5.69 Å². The third-order valence-electron chi connectivity index (χ3n) is 7.74. The fourth-order valence-electron chi connectivity index (χ4n) is 5.62. The van der Waals surface area contributed by atoms with Crippen molar-refractivity contribution in [3.05, 3.63) is 75.8 Å². The highest BCUT2D eigenvalue weighted by molar-refractivity contribution is 5.80. The van der Waals surface area contributed by atoms with Crippen molar-refractivity contribution in [2.45, 2.75) is 44.9 Å². The summed E-state index contributed by atoms with van der Waals surface area (Å²) in [7, 11) is 0. The molecule has 0 amide bonds. The molecule has 4 aromatic rings. The topological polar surface area (TPSA) is 112 Å². The van der Waals surface area contributed by atoms with Gasteiger partial charge in [0.2, 0.25) is 0 Å². The largest absolute Gasteiger partial charge is 0.508 e. The normalized spacial score (nSPS) is 19.3. The Hall–Kier alpha value is -3.76. The highest BCUT2D eigenvalue weighted by Gasteiger charge is 2.33. The molecule has 0 aliphatic carbocycles. The van der Waals surface area contributed by atoms with E-state index in [9.17, 15) is 9.90 Å². The molecular weight excluding hydrogens is 482 g/mol. The van der Waals surface area contributed by atoms with Gasteiger partial charge in [0.1, 0.15) is 11.8 Å². The van der Waals surface area contributed by atoms with Crippen molar-refractivity contribution in [2.75, 3.05) is 37.7 Å². The Balaban J connectivity index is 1.36. The number of aromatic nitrogens is 5. The third kappa shape index (κ3) is 4.89. The van der Waals surface area contributed by atoms with Crippen LogP contribution in [0, 0.1) is 0 Å². The lowest BCUT2D eigenvalue weighted by Gasteiger charge is -2.39. The Labute approximate surface area is 220 Å². The number of nitrogens with zero attached hydrogens (tertiary/aromatic N) is 6. The highest BCUT2D eigenvalue weighted by atomic mass is 16.5. The van der Waals surface area contributed by atoms with Gasteiger partial charge in [-0.05, 0) is 83.1 Å². The number of anilines is 1. The molecule has 2 aliphatic rings. The zero-order valence-corrected chi connectivity index (χ0v) is 21.6. The molecule has 0 saturated carbocycles. The number of H-pyrrole nitrogens is 1. The molecule has 2 saturated heterocycles. The van der Waals surface area contributed by atoms with E-state index in [1.807, 2.05) is 28.9 Å². The molecule has 4 heterocycles. The molecule has 2 atom stereocenters. The van der Waals surface area contributed by atoms with Crippen LogP contribution in [0.25, 0.3) is 10.9 Å². The molecule has 38 heavy (non-hydrogen) atoms. The number of rotatable bonds is 7. The minimum Gasteiger partial charge on any atom is -0.508 e. The molecule has 10 heteroatoms. The van der Waals surface area contributed by atoms with Gasteiger partial charge in [-0.25, -0.2) is 4.68 Å². The van der Waals surface area contributed by atoms with Gasteiger partial charge in [0.05, 0.1) is 12.6 Å². The number of piperazine rings is 1. The Kier molecular flexibility index (Phi) is 6.82. The first-order valence-electron chi connectivity index (χ1n) is 13.4. The lowest BCUT2D eigenvalue weighted by atomic mass is 10.0. The zero-order valence-electron chi connectivity index (χ0n) is 21.6. The molecule has 2 aliphatic heterocycles. The minimum atomic E-state index is -0.396. The van der Waals surface area contributed by atoms with Gasteiger partial charge < -0.3 is 19.7 Å². The lowest BCUT2D eigenvalue weighted by Crippen LogP contribution is -2.49. The van der Waals surface area contributed by atoms with Crippen LogP contribution in [0.1, 0.15) is 42.8 Å². The van der Waals surface area contributed by atoms with E-state index in [4.69, 9.17) is 4.74 Å². The summed E-state index contributed by atoms with van der Waals surface area (Å²) in [5, 5.41) is 23.5. The highest BCUT2D eigenvalue weighted by Crippen LogP contribution is 2.30. The maximum Gasteiger partial charge on any atom is 0.253 e. The Morgan fingerprint density at radius 3 is 2.66 bits per heavy atom. The molecular formula is C28H33N7O3. The molecule has 6 rings (SSSR count). The van der Waals surface area contributed by atoms with Gasteiger partial charge in [0.25, 0.3) is 5.56 Å². The smallest absolute Gasteiger partial charge is 0.253 e. The molecule has 198 valence electrons. The summed E-state index contributed by atoms with van der Waals surface area (Å²) in [6.45, 7) is 6.46. The van der Waals surface area contributed by atoms with Crippen molar-refractivity contribution < 1.29 is 9.84 Å². The SMILES string of the molecule is CCc1ccc2[nH]c(=O)c(C(c3nnnn3CC3CCCO3)N3CCN(c4ccc(O)cc4)CC3)cc2c1. The number of phenols is 1. The summed E-state index contributed by atoms with van der Waals surface area (Å²) >= 11 is 0. The van der Waals surface area contributed by atoms with Crippen LogP contribution in [0.5, 0.6) is 5.75 Å². The maximum atomic E-state index is 13.5. The van der Waals surface area contributed by atoms with E-state index in [1.165, 1.54) is 5.56 Å². The zero-order chi connectivity index (χ0) is 26.1. The van der Waals surface area contributed by atoms with E-state index in [1.54, 1.807) is 12.1 Å². The van der Waals surface area contributed by atoms with Gasteiger partial charge in [-0.3, -0.25) is 9.69 Å². The van der Waals surface area contributed by atoms with Gasteiger partial charge in [0.15, 0.2) is 5.82 Å². The van der Waals surface area contributed by atoms with E-state index in [-0.39, 0.29) is 17.4 Å². The molecule has 0 bridgehead atoms. The van der Waals surface area contributed by atoms with Crippen molar-refractivity contribution in [1.82, 2.24) is 30.1 Å². The number of aryl methyl sites for hydroxylation is 1. The number of aromatic hydroxyl groups is 1. The van der Waals surface area contributed by atoms with Crippen molar-refractivity contribution >= 4 is 16.6 Å². The van der Waals surface area contributed by atoms with Gasteiger partial charge in [-0.1, -0.05) is 13.0 Å². The second-order valence-corrected chi connectivity index (χ2v) is 10.1. The average Bonchev–Trinajstić information content (AvgIpc) is 3.63. The first-order valence-corrected chi connectivity index (χ1v) is 13.4. The lowest BCUT2D eigenvalue weighted by molar-refractivity contribution is 0.0906. The molecule has 2 aromatic heterocycles. The number of hydrogen-bond donors (Lipinski definition) is 2. The molecule has 2 fully saturated rings. The Morgan fingerprint density at radius 2 is 1.92 bits per heavy atom. The summed E-state index contributed by atoms with van der Waals surface area (Å²) < 4.78 is 7.69. The van der Waals surface area contributed by atoms with Crippen molar-refractivity contribution in [2.24, 2.45) is 0 Å². The van der Waals surface area contributed by atoms with E-state index >= 15 is 0 Å². The van der Waals surface area contributed by atoms with Crippen LogP contribution in [0.3, 0.4) is 0 Å². The Bertz CT molecular complexity index is 1450. The van der Waals surface area contributed by atoms with E-state index in [0.29, 0.717) is 17.9 Å². The second kappa shape index (κ2) is 10.5. The van der Waals surface area contributed by atoms with Crippen molar-refractivity contribution in [3.8, 4) is 5.75 Å². The summed E-state index contributed by atoms with van der Waals surface area (Å²) in [6.07, 6.45) is 3.01. The fraction of sp³-hybridized carbons (Fsp3) is 0.429. The monoisotopic (exact) mass is 515 g/mol. The predicted octanol–water partition coefficient (Wildman–Crippen LogP) is 2.87. The molecule has 2 N–H and O–H groups in total. The van der Waals surface area contributed by atoms with Crippen LogP contribution in [0.2, 0.25) is 0 Å². The van der Waals surface area contributed by atoms with Crippen molar-refractivity contribution in [1.29, 1.82) is 0 Å². The summed E-state index contributed by atoms with van der Waals surface area (Å²) in [5.74, 6) is 0.919. The summed E-state index contributed by atoms with van der Waals surface area (Å²) in [4.78, 5) is 21.2. The van der Waals surface area contributed by atoms with Gasteiger partial charge in [-0.2, -0.15) is 0 Å². The summed E-state index contributed by atoms with van der Waals surface area (Å²) in [5.41, 5.74) is 3.63. The van der Waals surface area contributed by atoms with E-state index in [0.717, 1.165) is 68.6 Å². The van der Waals surface area contributed by atoms with Gasteiger partial charge in [-0.15, -0.1) is 5.10 Å². The number of nitrogens with one attached hydrogen (secondary N) is 1. The molecule has 0 radical (unpaired) electrons. The Morgan fingerprint density at radius 1 is 1.11 bits per heavy atom. The number of pyridine rings is 1. The molecule has 0 spiro atoms. The minimum absolute atomic E-state index is 0.0752. The first kappa shape index (κ1) is 24.6. The number of aromatic amines is 1. The third-order valence-corrected chi connectivity index (χ3v) is 7.74. The average molecular weight is 516 g/mol. The number of hydrogen-bond acceptors (Lipinski definition) is 8. The number of tetrazole rings is 1. The van der Waals surface area contributed by atoms with Crippen molar-refractivity contribution in [3.63, 3.8) is 0 Å². The van der Waals surface area contributed by atoms with Gasteiger partial charge in [0, 0.05) is 49.6 Å². The maximum absolute atomic E-state index is 13.5. The second-order valence-electron chi connectivity index (χ2n) is 10.1. The molecule has 2 unspecified atom stereocenters. The predicted molar refractivity (Wildman–Crippen MR) is 144 cm³/mol. The van der Waals surface area contributed by atoms with Crippen LogP contribution >= 0.6 is 0 Å². The van der Waals surface area contributed by atoms with Gasteiger partial charge >= 0.3 is 0 Å². The summed E-state index contributed by atoms with van der Waals surface area (Å²) in [6, 6.07) is 15.1. The number of benzene rings is 2. The van der Waals surface area contributed by atoms with E-state index in [2.05, 4.69) is 49.4 Å². The van der Waals surface area contributed by atoms with Crippen LogP contribution in [-0.4, -0.2) is 74.1 Å². The first-order chi connectivity index (χ1) is 18.6. The number of fused-ring (bicyclic) bond motifs is 1. The molecule has 10 nitrogen and oxygen atoms in total. The number of phenolic OH excluding ortho intramolecular Hbond substituents is 1. The van der Waals surface area contributed by atoms with Crippen LogP contribution in [0.15, 0.2) is 53.3 Å². The number of ether oxygens (including phenoxy) is 1. The quantitative estimate of drug-likeness (QED) is 0.386. The molecule has 2 aromatic carbocycles. The fourth-order valence-corrected chi connectivity index (χ4v) is 5.62. The van der Waals surface area contributed by atoms with Crippen LogP contribution in [-0.2, 0) is 17.7 Å².